The summed E-state index contributed by atoms with van der Waals surface area (Å²) >= 11 is 3.48. The normalized spacial score (nSPS) is 23.6. The Labute approximate surface area is 174 Å². The molecule has 0 radical (unpaired) electrons. The quantitative estimate of drug-likeness (QED) is 0.645. The molecule has 4 rings (SSSR count). The van der Waals surface area contributed by atoms with Gasteiger partial charge in [-0.3, -0.25) is 14.5 Å². The second-order valence-electron chi connectivity index (χ2n) is 8.11. The van der Waals surface area contributed by atoms with Crippen LogP contribution in [0.25, 0.3) is 0 Å². The van der Waals surface area contributed by atoms with E-state index in [4.69, 9.17) is 9.47 Å². The van der Waals surface area contributed by atoms with E-state index in [2.05, 4.69) is 33.0 Å². The molecule has 1 spiro atoms. The van der Waals surface area contributed by atoms with Gasteiger partial charge in [0.25, 0.3) is 0 Å². The number of nitrogens with zero attached hydrogens (tertiary/aromatic N) is 2. The maximum absolute atomic E-state index is 12.2. The number of carbonyl (C=O) groups excluding carboxylic acids is 2. The van der Waals surface area contributed by atoms with Crippen molar-refractivity contribution < 1.29 is 19.1 Å². The van der Waals surface area contributed by atoms with Gasteiger partial charge in [-0.1, -0.05) is 28.1 Å². The zero-order chi connectivity index (χ0) is 19.7. The van der Waals surface area contributed by atoms with Gasteiger partial charge in [0.2, 0.25) is 5.91 Å². The molecule has 1 aromatic carbocycles. The number of hydrogen-bond donors (Lipinski definition) is 0. The number of amides is 1. The van der Waals surface area contributed by atoms with Crippen LogP contribution in [0, 0.1) is 0 Å². The molecule has 6 nitrogen and oxygen atoms in total. The van der Waals surface area contributed by atoms with Gasteiger partial charge in [-0.2, -0.15) is 0 Å². The molecule has 2 saturated heterocycles. The molecule has 1 saturated carbocycles. The Morgan fingerprint density at radius 3 is 2.57 bits per heavy atom. The van der Waals surface area contributed by atoms with Crippen LogP contribution in [0.15, 0.2) is 28.7 Å². The minimum absolute atomic E-state index is 0.0114. The van der Waals surface area contributed by atoms with Crippen LogP contribution in [-0.4, -0.2) is 66.7 Å². The fourth-order valence-corrected chi connectivity index (χ4v) is 4.65. The van der Waals surface area contributed by atoms with Gasteiger partial charge in [-0.25, -0.2) is 0 Å². The van der Waals surface area contributed by atoms with Crippen molar-refractivity contribution in [2.45, 2.75) is 49.8 Å². The number of methoxy groups -OCH3 is 1. The van der Waals surface area contributed by atoms with E-state index < -0.39 is 0 Å². The first-order valence-corrected chi connectivity index (χ1v) is 10.8. The first kappa shape index (κ1) is 19.9. The van der Waals surface area contributed by atoms with E-state index in [1.54, 1.807) is 0 Å². The third-order valence-corrected chi connectivity index (χ3v) is 6.79. The molecule has 152 valence electrons. The van der Waals surface area contributed by atoms with Gasteiger partial charge >= 0.3 is 5.97 Å². The van der Waals surface area contributed by atoms with Crippen LogP contribution in [0.1, 0.15) is 43.7 Å². The average Bonchev–Trinajstić information content (AvgIpc) is 3.55. The van der Waals surface area contributed by atoms with E-state index in [0.29, 0.717) is 19.0 Å². The molecular formula is C21H27BrN2O4. The zero-order valence-electron chi connectivity index (χ0n) is 16.2. The Hall–Kier alpha value is -1.44. The number of halogens is 1. The highest BCUT2D eigenvalue weighted by molar-refractivity contribution is 9.10. The summed E-state index contributed by atoms with van der Waals surface area (Å²) in [5, 5.41) is 0. The largest absolute Gasteiger partial charge is 0.469 e. The van der Waals surface area contributed by atoms with Gasteiger partial charge in [-0.15, -0.1) is 0 Å². The Balaban J connectivity index is 1.45. The van der Waals surface area contributed by atoms with Crippen molar-refractivity contribution in [3.05, 3.63) is 34.3 Å². The topological polar surface area (TPSA) is 59.1 Å². The predicted molar refractivity (Wildman–Crippen MR) is 108 cm³/mol. The van der Waals surface area contributed by atoms with Crippen LogP contribution < -0.4 is 0 Å². The van der Waals surface area contributed by atoms with Crippen molar-refractivity contribution in [3.8, 4) is 0 Å². The average molecular weight is 451 g/mol. The van der Waals surface area contributed by atoms with Crippen LogP contribution in [0.4, 0.5) is 0 Å². The number of rotatable bonds is 5. The monoisotopic (exact) mass is 450 g/mol. The number of hydrogen-bond acceptors (Lipinski definition) is 5. The molecule has 1 atom stereocenters. The molecule has 0 N–H and O–H groups in total. The van der Waals surface area contributed by atoms with E-state index in [9.17, 15) is 9.59 Å². The lowest BCUT2D eigenvalue weighted by atomic mass is 9.87. The van der Waals surface area contributed by atoms with Gasteiger partial charge < -0.3 is 14.4 Å². The van der Waals surface area contributed by atoms with Crippen LogP contribution in [-0.2, 0) is 19.1 Å². The fraction of sp³-hybridized carbons (Fsp3) is 0.619. The van der Waals surface area contributed by atoms with Crippen molar-refractivity contribution in [3.63, 3.8) is 0 Å². The Morgan fingerprint density at radius 1 is 1.29 bits per heavy atom. The number of ether oxygens (including phenoxy) is 2. The summed E-state index contributed by atoms with van der Waals surface area (Å²) in [6.45, 7) is 2.59. The lowest BCUT2D eigenvalue weighted by Gasteiger charge is -2.48. The van der Waals surface area contributed by atoms with Crippen LogP contribution in [0.3, 0.4) is 0 Å². The summed E-state index contributed by atoms with van der Waals surface area (Å²) in [4.78, 5) is 28.6. The third-order valence-electron chi connectivity index (χ3n) is 6.26. The lowest BCUT2D eigenvalue weighted by molar-refractivity contribution is -0.174. The molecule has 0 aromatic heterocycles. The van der Waals surface area contributed by atoms with E-state index >= 15 is 0 Å². The van der Waals surface area contributed by atoms with Crippen molar-refractivity contribution in [2.75, 3.05) is 33.4 Å². The van der Waals surface area contributed by atoms with Crippen LogP contribution in [0.5, 0.6) is 0 Å². The second-order valence-corrected chi connectivity index (χ2v) is 9.02. The van der Waals surface area contributed by atoms with Gasteiger partial charge in [0.1, 0.15) is 6.61 Å². The van der Waals surface area contributed by atoms with Crippen molar-refractivity contribution in [1.29, 1.82) is 0 Å². The standard InChI is InChI=1S/C21H27BrN2O4/c1-27-20(26)12-18(15-2-4-16(22)5-3-15)23-10-8-21(9-11-23)14-24(17-6-7-17)19(25)13-28-21/h2-5,17-18H,6-14H2,1H3. The summed E-state index contributed by atoms with van der Waals surface area (Å²) in [5.74, 6) is -0.0680. The highest BCUT2D eigenvalue weighted by atomic mass is 79.9. The highest BCUT2D eigenvalue weighted by Gasteiger charge is 2.46. The summed E-state index contributed by atoms with van der Waals surface area (Å²) in [6, 6.07) is 8.56. The number of likely N-dealkylation sites (tertiary alicyclic amines) is 1. The third kappa shape index (κ3) is 4.26. The van der Waals surface area contributed by atoms with Crippen molar-refractivity contribution in [1.82, 2.24) is 9.80 Å². The molecule has 7 heteroatoms. The number of morpholine rings is 1. The summed E-state index contributed by atoms with van der Waals surface area (Å²) in [6.07, 6.45) is 4.32. The molecule has 3 aliphatic rings. The maximum Gasteiger partial charge on any atom is 0.307 e. The van der Waals surface area contributed by atoms with Gasteiger partial charge in [0, 0.05) is 29.6 Å². The van der Waals surface area contributed by atoms with Crippen LogP contribution in [0.2, 0.25) is 0 Å². The smallest absolute Gasteiger partial charge is 0.307 e. The van der Waals surface area contributed by atoms with Crippen molar-refractivity contribution in [2.24, 2.45) is 0 Å². The fourth-order valence-electron chi connectivity index (χ4n) is 4.39. The summed E-state index contributed by atoms with van der Waals surface area (Å²) in [5.41, 5.74) is 0.881. The molecule has 0 bridgehead atoms. The summed E-state index contributed by atoms with van der Waals surface area (Å²) in [7, 11) is 1.44. The molecule has 3 fully saturated rings. The molecule has 2 heterocycles. The molecule has 1 unspecified atom stereocenters. The van der Waals surface area contributed by atoms with E-state index in [1.807, 2.05) is 17.0 Å². The minimum Gasteiger partial charge on any atom is -0.469 e. The molecular weight excluding hydrogens is 424 g/mol. The molecule has 2 aliphatic heterocycles. The summed E-state index contributed by atoms with van der Waals surface area (Å²) < 4.78 is 12.0. The Bertz CT molecular complexity index is 726. The Kier molecular flexibility index (Phi) is 5.76. The molecule has 1 aliphatic carbocycles. The minimum atomic E-state index is -0.234. The van der Waals surface area contributed by atoms with E-state index in [-0.39, 0.29) is 30.1 Å². The number of carbonyl (C=O) groups is 2. The van der Waals surface area contributed by atoms with Crippen LogP contribution >= 0.6 is 15.9 Å². The Morgan fingerprint density at radius 2 is 1.96 bits per heavy atom. The van der Waals surface area contributed by atoms with Crippen molar-refractivity contribution >= 4 is 27.8 Å². The first-order valence-electron chi connectivity index (χ1n) is 9.99. The predicted octanol–water partition coefficient (Wildman–Crippen LogP) is 2.91. The molecule has 28 heavy (non-hydrogen) atoms. The van der Waals surface area contributed by atoms with Gasteiger partial charge in [0.15, 0.2) is 0 Å². The first-order chi connectivity index (χ1) is 13.5. The van der Waals surface area contributed by atoms with E-state index in [1.165, 1.54) is 7.11 Å². The zero-order valence-corrected chi connectivity index (χ0v) is 17.8. The lowest BCUT2D eigenvalue weighted by Crippen LogP contribution is -2.59. The second kappa shape index (κ2) is 8.13. The highest BCUT2D eigenvalue weighted by Crippen LogP contribution is 2.38. The van der Waals surface area contributed by atoms with Gasteiger partial charge in [-0.05, 0) is 43.4 Å². The number of esters is 1. The SMILES string of the molecule is COC(=O)CC(c1ccc(Br)cc1)N1CCC2(CC1)CN(C1CC1)C(=O)CO2. The molecule has 1 amide bonds. The van der Waals surface area contributed by atoms with Gasteiger partial charge in [0.05, 0.1) is 25.7 Å². The van der Waals surface area contributed by atoms with E-state index in [0.717, 1.165) is 48.8 Å². The maximum atomic E-state index is 12.2. The number of benzene rings is 1. The number of piperidine rings is 1. The molecule has 1 aromatic rings.